The Bertz CT molecular complexity index is 1710. The van der Waals surface area contributed by atoms with Gasteiger partial charge in [-0.15, -0.1) is 0 Å². The molecule has 2 amide bonds. The average molecular weight is 564 g/mol. The quantitative estimate of drug-likeness (QED) is 0.265. The molecule has 0 unspecified atom stereocenters. The molecule has 0 spiro atoms. The molecule has 1 aliphatic carbocycles. The molecule has 7 rings (SSSR count). The average Bonchev–Trinajstić information content (AvgIpc) is 3.52. The minimum Gasteiger partial charge on any atom is -0.339 e. The van der Waals surface area contributed by atoms with Gasteiger partial charge in [-0.3, -0.25) is 4.79 Å². The van der Waals surface area contributed by atoms with Gasteiger partial charge in [0.05, 0.1) is 5.69 Å². The van der Waals surface area contributed by atoms with Crippen LogP contribution in [0.2, 0.25) is 0 Å². The summed E-state index contributed by atoms with van der Waals surface area (Å²) in [5, 5.41) is 0.797. The van der Waals surface area contributed by atoms with E-state index in [9.17, 15) is 14.0 Å². The molecular weight excluding hydrogens is 529 g/mol. The van der Waals surface area contributed by atoms with Crippen molar-refractivity contribution in [2.24, 2.45) is 0 Å². The summed E-state index contributed by atoms with van der Waals surface area (Å²) < 4.78 is 15.0. The van der Waals surface area contributed by atoms with E-state index in [1.807, 2.05) is 47.1 Å². The molecule has 2 aliphatic heterocycles. The Morgan fingerprint density at radius 3 is 2.50 bits per heavy atom. The van der Waals surface area contributed by atoms with Gasteiger partial charge in [0.15, 0.2) is 5.78 Å². The molecule has 7 nitrogen and oxygen atoms in total. The highest BCUT2D eigenvalue weighted by molar-refractivity contribution is 5.99. The maximum Gasteiger partial charge on any atom is 0.320 e. The first kappa shape index (κ1) is 26.6. The van der Waals surface area contributed by atoms with E-state index in [4.69, 9.17) is 0 Å². The van der Waals surface area contributed by atoms with Gasteiger partial charge >= 0.3 is 6.03 Å². The van der Waals surface area contributed by atoms with E-state index in [-0.39, 0.29) is 18.2 Å². The molecular formula is C34H34FN5O2. The van der Waals surface area contributed by atoms with Crippen LogP contribution in [-0.2, 0) is 6.42 Å². The second-order valence-electron chi connectivity index (χ2n) is 11.8. The van der Waals surface area contributed by atoms with Crippen LogP contribution in [0.3, 0.4) is 0 Å². The lowest BCUT2D eigenvalue weighted by Gasteiger charge is -2.30. The van der Waals surface area contributed by atoms with Gasteiger partial charge in [-0.25, -0.2) is 19.2 Å². The summed E-state index contributed by atoms with van der Waals surface area (Å²) in [6, 6.07) is 13.0. The number of Topliss-reactive ketones (excluding diaryl/α,β-unsaturated/α-hetero) is 1. The summed E-state index contributed by atoms with van der Waals surface area (Å²) in [4.78, 5) is 42.3. The fourth-order valence-electron chi connectivity index (χ4n) is 6.32. The molecule has 1 N–H and O–H groups in total. The molecule has 2 aromatic heterocycles. The van der Waals surface area contributed by atoms with Gasteiger partial charge in [-0.2, -0.15) is 0 Å². The Hall–Kier alpha value is -4.33. The molecule has 4 heterocycles. The fraction of sp³-hybridized carbons (Fsp3) is 0.353. The normalized spacial score (nSPS) is 17.1. The van der Waals surface area contributed by atoms with Gasteiger partial charge in [-0.1, -0.05) is 30.3 Å². The lowest BCUT2D eigenvalue weighted by molar-refractivity contribution is 0.0992. The largest absolute Gasteiger partial charge is 0.339 e. The molecule has 3 aliphatic rings. The molecule has 2 fully saturated rings. The van der Waals surface area contributed by atoms with Crippen molar-refractivity contribution in [1.82, 2.24) is 24.8 Å². The number of nitrogens with zero attached hydrogens (tertiary/aromatic N) is 4. The van der Waals surface area contributed by atoms with Gasteiger partial charge in [0.1, 0.15) is 17.8 Å². The number of halogens is 1. The number of ketones is 1. The lowest BCUT2D eigenvalue weighted by atomic mass is 9.93. The number of H-pyrrole nitrogens is 1. The Morgan fingerprint density at radius 1 is 1.00 bits per heavy atom. The highest BCUT2D eigenvalue weighted by Gasteiger charge is 2.26. The maximum atomic E-state index is 15.0. The molecule has 42 heavy (non-hydrogen) atoms. The molecule has 1 saturated heterocycles. The molecule has 0 radical (unpaired) electrons. The van der Waals surface area contributed by atoms with Crippen molar-refractivity contribution in [2.45, 2.75) is 51.4 Å². The second kappa shape index (κ2) is 10.8. The number of amides is 2. The van der Waals surface area contributed by atoms with Crippen molar-refractivity contribution in [3.63, 3.8) is 0 Å². The van der Waals surface area contributed by atoms with E-state index in [2.05, 4.69) is 21.0 Å². The monoisotopic (exact) mass is 563 g/mol. The van der Waals surface area contributed by atoms with E-state index < -0.39 is 5.82 Å². The van der Waals surface area contributed by atoms with Crippen molar-refractivity contribution >= 4 is 28.4 Å². The highest BCUT2D eigenvalue weighted by Crippen LogP contribution is 2.40. The van der Waals surface area contributed by atoms with Crippen LogP contribution in [-0.4, -0.2) is 62.7 Å². The van der Waals surface area contributed by atoms with Crippen molar-refractivity contribution < 1.29 is 14.0 Å². The first-order valence-electron chi connectivity index (χ1n) is 14.9. The number of aromatic amines is 1. The zero-order chi connectivity index (χ0) is 28.8. The second-order valence-corrected chi connectivity index (χ2v) is 11.8. The van der Waals surface area contributed by atoms with E-state index in [0.29, 0.717) is 47.0 Å². The molecule has 0 bridgehead atoms. The Labute approximate surface area is 244 Å². The third-order valence-electron chi connectivity index (χ3n) is 9.00. The number of aromatic nitrogens is 3. The lowest BCUT2D eigenvalue weighted by Crippen LogP contribution is -2.43. The summed E-state index contributed by atoms with van der Waals surface area (Å²) in [5.41, 5.74) is 7.42. The third kappa shape index (κ3) is 5.10. The van der Waals surface area contributed by atoms with Crippen LogP contribution < -0.4 is 0 Å². The predicted octanol–water partition coefficient (Wildman–Crippen LogP) is 6.68. The number of urea groups is 1. The summed E-state index contributed by atoms with van der Waals surface area (Å²) in [6.07, 6.45) is 9.03. The van der Waals surface area contributed by atoms with Crippen molar-refractivity contribution in [2.75, 3.05) is 26.2 Å². The molecule has 214 valence electrons. The number of nitrogens with one attached hydrogen (secondary N) is 1. The number of hydrogen-bond acceptors (Lipinski definition) is 4. The number of likely N-dealkylation sites (tertiary alicyclic amines) is 1. The highest BCUT2D eigenvalue weighted by atomic mass is 19.1. The number of benzene rings is 2. The number of hydrogen-bond donors (Lipinski definition) is 1. The summed E-state index contributed by atoms with van der Waals surface area (Å²) in [5.74, 6) is 0.201. The Kier molecular flexibility index (Phi) is 6.84. The molecule has 2 aromatic carbocycles. The van der Waals surface area contributed by atoms with Crippen LogP contribution >= 0.6 is 0 Å². The van der Waals surface area contributed by atoms with E-state index in [0.717, 1.165) is 54.6 Å². The van der Waals surface area contributed by atoms with Crippen LogP contribution in [0.25, 0.3) is 27.9 Å². The zero-order valence-corrected chi connectivity index (χ0v) is 23.8. The topological polar surface area (TPSA) is 82.2 Å². The maximum absolute atomic E-state index is 15.0. The number of fused-ring (bicyclic) bond motifs is 1. The first-order valence-corrected chi connectivity index (χ1v) is 14.9. The van der Waals surface area contributed by atoms with Crippen LogP contribution in [0.1, 0.15) is 70.8 Å². The molecule has 1 saturated carbocycles. The SMILES string of the molecule is Cc1c(CC(=O)c2ccc(C3CC3)cc2)cc(F)cc1-c1ncnc2[nH]c(C3=CCN(C(=O)N4CCCC4)CC3)cc12. The number of carbonyl (C=O) groups is 2. The van der Waals surface area contributed by atoms with E-state index >= 15 is 0 Å². The number of carbonyl (C=O) groups excluding carboxylic acids is 2. The Morgan fingerprint density at radius 2 is 1.79 bits per heavy atom. The van der Waals surface area contributed by atoms with Crippen LogP contribution in [0.4, 0.5) is 9.18 Å². The van der Waals surface area contributed by atoms with Crippen molar-refractivity contribution in [1.29, 1.82) is 0 Å². The van der Waals surface area contributed by atoms with Gasteiger partial charge in [0.2, 0.25) is 0 Å². The zero-order valence-electron chi connectivity index (χ0n) is 23.8. The predicted molar refractivity (Wildman–Crippen MR) is 161 cm³/mol. The van der Waals surface area contributed by atoms with Crippen LogP contribution in [0.5, 0.6) is 0 Å². The van der Waals surface area contributed by atoms with Gasteiger partial charge in [-0.05, 0) is 85.4 Å². The van der Waals surface area contributed by atoms with Crippen molar-refractivity contribution in [3.8, 4) is 11.3 Å². The number of rotatable bonds is 6. The minimum absolute atomic E-state index is 0.0322. The van der Waals surface area contributed by atoms with E-state index in [1.165, 1.54) is 36.9 Å². The smallest absolute Gasteiger partial charge is 0.320 e. The van der Waals surface area contributed by atoms with E-state index in [1.54, 1.807) is 0 Å². The van der Waals surface area contributed by atoms with Gasteiger partial charge < -0.3 is 14.8 Å². The van der Waals surface area contributed by atoms with Gasteiger partial charge in [0, 0.05) is 54.8 Å². The Balaban J connectivity index is 1.14. The summed E-state index contributed by atoms with van der Waals surface area (Å²) in [6.45, 7) is 4.85. The van der Waals surface area contributed by atoms with Crippen LogP contribution in [0.15, 0.2) is 54.9 Å². The molecule has 4 aromatic rings. The van der Waals surface area contributed by atoms with Crippen LogP contribution in [0, 0.1) is 12.7 Å². The van der Waals surface area contributed by atoms with Gasteiger partial charge in [0.25, 0.3) is 0 Å². The minimum atomic E-state index is -0.400. The molecule has 8 heteroatoms. The summed E-state index contributed by atoms with van der Waals surface area (Å²) in [7, 11) is 0. The first-order chi connectivity index (χ1) is 20.4. The summed E-state index contributed by atoms with van der Waals surface area (Å²) >= 11 is 0. The fourth-order valence-corrected chi connectivity index (χ4v) is 6.32. The standard InChI is InChI=1S/C34H34FN5O2/c1-21-26(17-31(41)25-8-6-23(7-9-25)22-4-5-22)16-27(35)18-28(21)32-29-19-30(38-33(29)37-20-36-32)24-10-14-40(15-11-24)34(42)39-12-2-3-13-39/h6-10,16,18-20,22H,2-5,11-15,17H2,1H3,(H,36,37,38). The van der Waals surface area contributed by atoms with Crippen molar-refractivity contribution in [3.05, 3.63) is 88.6 Å². The molecule has 0 atom stereocenters. The third-order valence-corrected chi connectivity index (χ3v) is 9.00.